The van der Waals surface area contributed by atoms with Crippen LogP contribution in [0.25, 0.3) is 0 Å². The third kappa shape index (κ3) is 0.765. The molecule has 1 aliphatic heterocycles. The van der Waals surface area contributed by atoms with Crippen molar-refractivity contribution < 1.29 is 9.47 Å². The quantitative estimate of drug-likeness (QED) is 0.538. The molecule has 2 nitrogen and oxygen atoms in total. The first kappa shape index (κ1) is 6.63. The fourth-order valence-electron chi connectivity index (χ4n) is 1.98. The van der Waals surface area contributed by atoms with E-state index in [4.69, 9.17) is 9.47 Å². The molecule has 1 spiro atoms. The molecule has 0 bridgehead atoms. The number of ether oxygens (including phenoxy) is 2. The van der Waals surface area contributed by atoms with Gasteiger partial charge in [-0.3, -0.25) is 0 Å². The number of rotatable bonds is 0. The van der Waals surface area contributed by atoms with Gasteiger partial charge in [-0.05, 0) is 17.2 Å². The maximum absolute atomic E-state index is 5.56. The molecule has 0 N–H and O–H groups in total. The molecule has 0 aromatic heterocycles. The van der Waals surface area contributed by atoms with Crippen LogP contribution >= 0.6 is 0 Å². The molecule has 0 saturated carbocycles. The van der Waals surface area contributed by atoms with Crippen LogP contribution in [0, 0.1) is 0 Å². The number of hydrogen-bond acceptors (Lipinski definition) is 2. The van der Waals surface area contributed by atoms with Gasteiger partial charge in [0.15, 0.2) is 5.79 Å². The summed E-state index contributed by atoms with van der Waals surface area (Å²) in [5.41, 5.74) is 2.62. The Morgan fingerprint density at radius 3 is 2.83 bits per heavy atom. The maximum atomic E-state index is 5.56. The summed E-state index contributed by atoms with van der Waals surface area (Å²) in [5, 5.41) is 0. The summed E-state index contributed by atoms with van der Waals surface area (Å²) in [5.74, 6) is -0.397. The van der Waals surface area contributed by atoms with Gasteiger partial charge in [0.2, 0.25) is 0 Å². The van der Waals surface area contributed by atoms with Crippen molar-refractivity contribution in [2.45, 2.75) is 12.2 Å². The van der Waals surface area contributed by atoms with Crippen molar-refractivity contribution in [3.8, 4) is 0 Å². The molecule has 0 unspecified atom stereocenters. The SMILES string of the molecule is C1=CC2=CC3(CC2=C1)OCCO3. The van der Waals surface area contributed by atoms with Crippen LogP contribution < -0.4 is 0 Å². The van der Waals surface area contributed by atoms with Crippen LogP contribution in [-0.2, 0) is 9.47 Å². The van der Waals surface area contributed by atoms with Gasteiger partial charge < -0.3 is 9.47 Å². The van der Waals surface area contributed by atoms with Gasteiger partial charge in [0, 0.05) is 6.42 Å². The molecule has 0 atom stereocenters. The van der Waals surface area contributed by atoms with E-state index in [-0.39, 0.29) is 0 Å². The number of allylic oxidation sites excluding steroid dienone is 4. The van der Waals surface area contributed by atoms with Crippen molar-refractivity contribution >= 4 is 0 Å². The van der Waals surface area contributed by atoms with Crippen molar-refractivity contribution in [2.24, 2.45) is 0 Å². The lowest BCUT2D eigenvalue weighted by molar-refractivity contribution is -0.110. The van der Waals surface area contributed by atoms with Gasteiger partial charge in [0.25, 0.3) is 0 Å². The second-order valence-corrected chi connectivity index (χ2v) is 3.34. The minimum absolute atomic E-state index is 0.397. The standard InChI is InChI=1S/C10H10O2/c1-2-8-6-10(7-9(8)3-1)11-4-5-12-10/h1-3,6H,4-5,7H2. The van der Waals surface area contributed by atoms with Crippen LogP contribution in [0.2, 0.25) is 0 Å². The Balaban J connectivity index is 1.99. The molecule has 62 valence electrons. The molecule has 1 saturated heterocycles. The largest absolute Gasteiger partial charge is 0.344 e. The van der Waals surface area contributed by atoms with Crippen LogP contribution in [0.15, 0.2) is 35.5 Å². The van der Waals surface area contributed by atoms with E-state index >= 15 is 0 Å². The number of fused-ring (bicyclic) bond motifs is 1. The predicted molar refractivity (Wildman–Crippen MR) is 44.6 cm³/mol. The Morgan fingerprint density at radius 2 is 2.08 bits per heavy atom. The van der Waals surface area contributed by atoms with E-state index in [1.54, 1.807) is 0 Å². The first-order chi connectivity index (χ1) is 5.88. The van der Waals surface area contributed by atoms with Crippen LogP contribution in [0.1, 0.15) is 6.42 Å². The molecule has 3 aliphatic rings. The summed E-state index contributed by atoms with van der Waals surface area (Å²) in [4.78, 5) is 0. The highest BCUT2D eigenvalue weighted by Crippen LogP contribution is 2.41. The Morgan fingerprint density at radius 1 is 1.25 bits per heavy atom. The molecule has 0 aromatic carbocycles. The third-order valence-corrected chi connectivity index (χ3v) is 2.53. The Labute approximate surface area is 71.2 Å². The Bertz CT molecular complexity index is 304. The highest BCUT2D eigenvalue weighted by Gasteiger charge is 2.40. The van der Waals surface area contributed by atoms with E-state index < -0.39 is 5.79 Å². The van der Waals surface area contributed by atoms with Gasteiger partial charge in [-0.1, -0.05) is 18.2 Å². The lowest BCUT2D eigenvalue weighted by Gasteiger charge is -2.18. The average Bonchev–Trinajstić information content (AvgIpc) is 2.66. The zero-order valence-corrected chi connectivity index (χ0v) is 6.75. The topological polar surface area (TPSA) is 18.5 Å². The highest BCUT2D eigenvalue weighted by molar-refractivity contribution is 5.53. The van der Waals surface area contributed by atoms with Crippen LogP contribution in [-0.4, -0.2) is 19.0 Å². The summed E-state index contributed by atoms with van der Waals surface area (Å²) < 4.78 is 11.1. The zero-order valence-electron chi connectivity index (χ0n) is 6.75. The lowest BCUT2D eigenvalue weighted by atomic mass is 10.1. The van der Waals surface area contributed by atoms with Crippen LogP contribution in [0.4, 0.5) is 0 Å². The fraction of sp³-hybridized carbons (Fsp3) is 0.400. The van der Waals surface area contributed by atoms with E-state index in [1.807, 2.05) is 0 Å². The molecule has 12 heavy (non-hydrogen) atoms. The molecule has 1 fully saturated rings. The second kappa shape index (κ2) is 2.09. The first-order valence-corrected chi connectivity index (χ1v) is 4.26. The summed E-state index contributed by atoms with van der Waals surface area (Å²) in [7, 11) is 0. The van der Waals surface area contributed by atoms with Gasteiger partial charge in [-0.15, -0.1) is 0 Å². The Kier molecular flexibility index (Phi) is 1.15. The van der Waals surface area contributed by atoms with Crippen molar-refractivity contribution in [3.63, 3.8) is 0 Å². The smallest absolute Gasteiger partial charge is 0.192 e. The van der Waals surface area contributed by atoms with Crippen LogP contribution in [0.5, 0.6) is 0 Å². The third-order valence-electron chi connectivity index (χ3n) is 2.53. The summed E-state index contributed by atoms with van der Waals surface area (Å²) in [6.45, 7) is 1.45. The van der Waals surface area contributed by atoms with Crippen molar-refractivity contribution in [3.05, 3.63) is 35.5 Å². The average molecular weight is 162 g/mol. The molecule has 0 aromatic rings. The van der Waals surface area contributed by atoms with E-state index in [9.17, 15) is 0 Å². The summed E-state index contributed by atoms with van der Waals surface area (Å²) in [6, 6.07) is 0. The molecule has 2 heteroatoms. The van der Waals surface area contributed by atoms with E-state index in [0.29, 0.717) is 0 Å². The van der Waals surface area contributed by atoms with E-state index in [2.05, 4.69) is 24.3 Å². The molecule has 1 heterocycles. The monoisotopic (exact) mass is 162 g/mol. The van der Waals surface area contributed by atoms with Crippen LogP contribution in [0.3, 0.4) is 0 Å². The molecule has 0 radical (unpaired) electrons. The minimum atomic E-state index is -0.397. The lowest BCUT2D eigenvalue weighted by Crippen LogP contribution is -2.24. The molecule has 3 rings (SSSR count). The fourth-order valence-corrected chi connectivity index (χ4v) is 1.98. The summed E-state index contributed by atoms with van der Waals surface area (Å²) >= 11 is 0. The minimum Gasteiger partial charge on any atom is -0.344 e. The molecular weight excluding hydrogens is 152 g/mol. The normalized spacial score (nSPS) is 29.3. The van der Waals surface area contributed by atoms with Gasteiger partial charge in [-0.25, -0.2) is 0 Å². The van der Waals surface area contributed by atoms with Gasteiger partial charge >= 0.3 is 0 Å². The first-order valence-electron chi connectivity index (χ1n) is 4.26. The molecular formula is C10H10O2. The van der Waals surface area contributed by atoms with Crippen molar-refractivity contribution in [2.75, 3.05) is 13.2 Å². The highest BCUT2D eigenvalue weighted by atomic mass is 16.7. The van der Waals surface area contributed by atoms with Gasteiger partial charge in [0.1, 0.15) is 0 Å². The molecule has 2 aliphatic carbocycles. The van der Waals surface area contributed by atoms with Crippen molar-refractivity contribution in [1.29, 1.82) is 0 Å². The van der Waals surface area contributed by atoms with Gasteiger partial charge in [-0.2, -0.15) is 0 Å². The van der Waals surface area contributed by atoms with Crippen molar-refractivity contribution in [1.82, 2.24) is 0 Å². The second-order valence-electron chi connectivity index (χ2n) is 3.34. The number of hydrogen-bond donors (Lipinski definition) is 0. The van der Waals surface area contributed by atoms with E-state index in [1.165, 1.54) is 11.1 Å². The predicted octanol–water partition coefficient (Wildman–Crippen LogP) is 1.56. The Hall–Kier alpha value is -0.860. The van der Waals surface area contributed by atoms with E-state index in [0.717, 1.165) is 19.6 Å². The summed E-state index contributed by atoms with van der Waals surface area (Å²) in [6.07, 6.45) is 9.29. The zero-order chi connectivity index (χ0) is 8.02. The maximum Gasteiger partial charge on any atom is 0.192 e. The molecule has 0 amide bonds. The van der Waals surface area contributed by atoms with Gasteiger partial charge in [0.05, 0.1) is 13.2 Å².